The summed E-state index contributed by atoms with van der Waals surface area (Å²) in [6, 6.07) is 6.36. The molecule has 0 aliphatic heterocycles. The lowest BCUT2D eigenvalue weighted by Gasteiger charge is -1.96. The summed E-state index contributed by atoms with van der Waals surface area (Å²) in [6.07, 6.45) is 1.68. The number of nitro groups is 1. The summed E-state index contributed by atoms with van der Waals surface area (Å²) in [5, 5.41) is 10.6. The molecule has 1 aromatic heterocycles. The molecule has 5 nitrogen and oxygen atoms in total. The minimum atomic E-state index is -0.426. The molecule has 1 aromatic carbocycles. The number of nitrogens with zero attached hydrogens (tertiary/aromatic N) is 1. The van der Waals surface area contributed by atoms with E-state index < -0.39 is 4.92 Å². The fourth-order valence-corrected chi connectivity index (χ4v) is 1.44. The molecule has 0 fully saturated rings. The predicted molar refractivity (Wildman–Crippen MR) is 65.3 cm³/mol. The molecular formula is C9H8ClN3O2S. The van der Waals surface area contributed by atoms with Gasteiger partial charge in [0, 0.05) is 23.9 Å². The Morgan fingerprint density at radius 2 is 2.12 bits per heavy atom. The third-order valence-electron chi connectivity index (χ3n) is 1.96. The maximum atomic E-state index is 10.6. The van der Waals surface area contributed by atoms with E-state index in [4.69, 9.17) is 12.2 Å². The van der Waals surface area contributed by atoms with Gasteiger partial charge in [-0.05, 0) is 12.2 Å². The summed E-state index contributed by atoms with van der Waals surface area (Å²) in [6.45, 7) is 0. The van der Waals surface area contributed by atoms with Crippen LogP contribution in [0.2, 0.25) is 0 Å². The Labute approximate surface area is 102 Å². The molecule has 0 aliphatic carbocycles. The summed E-state index contributed by atoms with van der Waals surface area (Å²) < 4.78 is 0.497. The Hall–Kier alpha value is -1.66. The van der Waals surface area contributed by atoms with E-state index in [1.165, 1.54) is 12.1 Å². The topological polar surface area (TPSA) is 74.7 Å². The largest absolute Gasteiger partial charge is 0.337 e. The average molecular weight is 258 g/mol. The number of imidazole rings is 1. The second-order valence-electron chi connectivity index (χ2n) is 2.96. The molecule has 1 heterocycles. The van der Waals surface area contributed by atoms with Gasteiger partial charge in [0.2, 0.25) is 0 Å². The van der Waals surface area contributed by atoms with Gasteiger partial charge in [-0.15, -0.1) is 12.4 Å². The first kappa shape index (κ1) is 12.4. The molecule has 7 heteroatoms. The van der Waals surface area contributed by atoms with Crippen LogP contribution >= 0.6 is 24.6 Å². The van der Waals surface area contributed by atoms with Crippen LogP contribution in [0.5, 0.6) is 0 Å². The molecule has 0 spiro atoms. The van der Waals surface area contributed by atoms with Crippen molar-refractivity contribution in [2.24, 2.45) is 0 Å². The number of hydrogen-bond donors (Lipinski definition) is 2. The molecule has 2 aromatic rings. The Balaban J connectivity index is 0.00000128. The molecule has 2 N–H and O–H groups in total. The highest BCUT2D eigenvalue weighted by Crippen LogP contribution is 2.21. The summed E-state index contributed by atoms with van der Waals surface area (Å²) >= 11 is 4.87. The van der Waals surface area contributed by atoms with E-state index in [2.05, 4.69) is 9.97 Å². The van der Waals surface area contributed by atoms with Crippen LogP contribution in [0.4, 0.5) is 5.69 Å². The van der Waals surface area contributed by atoms with Crippen LogP contribution in [0.15, 0.2) is 30.5 Å². The van der Waals surface area contributed by atoms with E-state index in [0.29, 0.717) is 4.77 Å². The van der Waals surface area contributed by atoms with Gasteiger partial charge < -0.3 is 9.97 Å². The Bertz CT molecular complexity index is 564. The first-order valence-electron chi connectivity index (χ1n) is 4.19. The molecule has 0 saturated heterocycles. The van der Waals surface area contributed by atoms with Crippen molar-refractivity contribution in [3.05, 3.63) is 45.3 Å². The summed E-state index contributed by atoms with van der Waals surface area (Å²) in [7, 11) is 0. The summed E-state index contributed by atoms with van der Waals surface area (Å²) in [4.78, 5) is 15.8. The van der Waals surface area contributed by atoms with Gasteiger partial charge in [0.15, 0.2) is 4.77 Å². The van der Waals surface area contributed by atoms with Crippen molar-refractivity contribution in [2.75, 3.05) is 0 Å². The third-order valence-corrected chi connectivity index (χ3v) is 2.18. The molecule has 0 bridgehead atoms. The molecule has 0 aliphatic rings. The van der Waals surface area contributed by atoms with Crippen LogP contribution in [0, 0.1) is 14.9 Å². The predicted octanol–water partition coefficient (Wildman–Crippen LogP) is 3.07. The van der Waals surface area contributed by atoms with E-state index in [1.54, 1.807) is 18.3 Å². The number of aromatic amines is 2. The quantitative estimate of drug-likeness (QED) is 0.493. The van der Waals surface area contributed by atoms with Crippen LogP contribution in [0.3, 0.4) is 0 Å². The van der Waals surface area contributed by atoms with Crippen molar-refractivity contribution in [1.29, 1.82) is 0 Å². The fourth-order valence-electron chi connectivity index (χ4n) is 1.27. The normalized spacial score (nSPS) is 9.50. The molecule has 16 heavy (non-hydrogen) atoms. The van der Waals surface area contributed by atoms with Gasteiger partial charge in [-0.3, -0.25) is 10.1 Å². The van der Waals surface area contributed by atoms with Crippen LogP contribution in [-0.2, 0) is 0 Å². The van der Waals surface area contributed by atoms with E-state index in [1.807, 2.05) is 0 Å². The minimum absolute atomic E-state index is 0. The van der Waals surface area contributed by atoms with E-state index in [0.717, 1.165) is 11.3 Å². The number of aromatic nitrogens is 2. The van der Waals surface area contributed by atoms with Crippen molar-refractivity contribution < 1.29 is 4.92 Å². The number of nitrogens with one attached hydrogen (secondary N) is 2. The van der Waals surface area contributed by atoms with Gasteiger partial charge >= 0.3 is 0 Å². The SMILES string of the molecule is Cl.O=[N+]([O-])c1cccc(-c2c[nH]c(=S)[nH]2)c1. The smallest absolute Gasteiger partial charge is 0.270 e. The van der Waals surface area contributed by atoms with Crippen LogP contribution < -0.4 is 0 Å². The van der Waals surface area contributed by atoms with Gasteiger partial charge in [0.25, 0.3) is 5.69 Å². The molecule has 2 rings (SSSR count). The fraction of sp³-hybridized carbons (Fsp3) is 0. The van der Waals surface area contributed by atoms with Gasteiger partial charge in [0.1, 0.15) is 0 Å². The molecule has 0 radical (unpaired) electrons. The standard InChI is InChI=1S/C9H7N3O2S.ClH/c13-12(14)7-3-1-2-6(4-7)8-5-10-9(15)11-8;/h1-5H,(H2,10,11,15);1H. The van der Waals surface area contributed by atoms with E-state index in [9.17, 15) is 10.1 Å². The molecule has 84 valence electrons. The van der Waals surface area contributed by atoms with Gasteiger partial charge in [-0.25, -0.2) is 0 Å². The Morgan fingerprint density at radius 3 is 2.69 bits per heavy atom. The molecule has 0 saturated carbocycles. The van der Waals surface area contributed by atoms with Crippen molar-refractivity contribution in [1.82, 2.24) is 9.97 Å². The van der Waals surface area contributed by atoms with Crippen LogP contribution in [-0.4, -0.2) is 14.9 Å². The number of H-pyrrole nitrogens is 2. The second kappa shape index (κ2) is 4.91. The number of non-ortho nitro benzene ring substituents is 1. The zero-order valence-corrected chi connectivity index (χ0v) is 9.60. The van der Waals surface area contributed by atoms with Crippen molar-refractivity contribution in [3.8, 4) is 11.3 Å². The zero-order valence-electron chi connectivity index (χ0n) is 7.97. The lowest BCUT2D eigenvalue weighted by molar-refractivity contribution is -0.384. The van der Waals surface area contributed by atoms with Crippen molar-refractivity contribution in [2.45, 2.75) is 0 Å². The molecule has 0 unspecified atom stereocenters. The van der Waals surface area contributed by atoms with Gasteiger partial charge in [0.05, 0.1) is 10.6 Å². The number of halogens is 1. The van der Waals surface area contributed by atoms with Gasteiger partial charge in [-0.1, -0.05) is 12.1 Å². The van der Waals surface area contributed by atoms with Crippen molar-refractivity contribution >= 4 is 30.3 Å². The number of benzene rings is 1. The lowest BCUT2D eigenvalue weighted by Crippen LogP contribution is -1.87. The van der Waals surface area contributed by atoms with Crippen molar-refractivity contribution in [3.63, 3.8) is 0 Å². The monoisotopic (exact) mass is 257 g/mol. The highest BCUT2D eigenvalue weighted by molar-refractivity contribution is 7.71. The highest BCUT2D eigenvalue weighted by atomic mass is 35.5. The van der Waals surface area contributed by atoms with E-state index >= 15 is 0 Å². The second-order valence-corrected chi connectivity index (χ2v) is 3.37. The molecule has 0 amide bonds. The number of hydrogen-bond acceptors (Lipinski definition) is 3. The maximum Gasteiger partial charge on any atom is 0.270 e. The molecular weight excluding hydrogens is 250 g/mol. The zero-order chi connectivity index (χ0) is 10.8. The number of rotatable bonds is 2. The first-order valence-corrected chi connectivity index (χ1v) is 4.60. The third kappa shape index (κ3) is 2.47. The van der Waals surface area contributed by atoms with E-state index in [-0.39, 0.29) is 18.1 Å². The van der Waals surface area contributed by atoms with Gasteiger partial charge in [-0.2, -0.15) is 0 Å². The summed E-state index contributed by atoms with van der Waals surface area (Å²) in [5.41, 5.74) is 1.54. The maximum absolute atomic E-state index is 10.6. The summed E-state index contributed by atoms with van der Waals surface area (Å²) in [5.74, 6) is 0. The Kier molecular flexibility index (Phi) is 3.81. The first-order chi connectivity index (χ1) is 7.16. The highest BCUT2D eigenvalue weighted by Gasteiger charge is 2.07. The lowest BCUT2D eigenvalue weighted by atomic mass is 10.1. The minimum Gasteiger partial charge on any atom is -0.337 e. The number of nitro benzene ring substituents is 1. The van der Waals surface area contributed by atoms with Crippen LogP contribution in [0.1, 0.15) is 0 Å². The van der Waals surface area contributed by atoms with Crippen LogP contribution in [0.25, 0.3) is 11.3 Å². The average Bonchev–Trinajstić information content (AvgIpc) is 2.65. The molecule has 0 atom stereocenters. The Morgan fingerprint density at radius 1 is 1.38 bits per heavy atom.